The molecule has 0 aromatic rings. The number of unbranched alkanes of at least 4 members (excludes halogenated alkanes) is 30. The van der Waals surface area contributed by atoms with Crippen molar-refractivity contribution in [2.75, 3.05) is 6.61 Å². The van der Waals surface area contributed by atoms with Crippen LogP contribution in [0, 0.1) is 0 Å². The number of carbonyl (C=O) groups is 2. The number of aliphatic hydroxyl groups excluding tert-OH is 2. The van der Waals surface area contributed by atoms with Gasteiger partial charge < -0.3 is 20.3 Å². The zero-order chi connectivity index (χ0) is 47.4. The highest BCUT2D eigenvalue weighted by molar-refractivity contribution is 5.77. The van der Waals surface area contributed by atoms with Crippen molar-refractivity contribution in [2.24, 2.45) is 0 Å². The molecule has 376 valence electrons. The maximum atomic E-state index is 13.2. The van der Waals surface area contributed by atoms with E-state index in [-0.39, 0.29) is 24.9 Å². The lowest BCUT2D eigenvalue weighted by Crippen LogP contribution is -2.46. The van der Waals surface area contributed by atoms with Crippen LogP contribution in [0.15, 0.2) is 72.9 Å². The molecule has 0 bridgehead atoms. The van der Waals surface area contributed by atoms with E-state index in [0.29, 0.717) is 19.3 Å². The zero-order valence-electron chi connectivity index (χ0n) is 42.9. The van der Waals surface area contributed by atoms with Crippen molar-refractivity contribution in [1.29, 1.82) is 0 Å². The fourth-order valence-electron chi connectivity index (χ4n) is 8.29. The maximum Gasteiger partial charge on any atom is 0.306 e. The van der Waals surface area contributed by atoms with Crippen LogP contribution >= 0.6 is 0 Å². The smallest absolute Gasteiger partial charge is 0.306 e. The van der Waals surface area contributed by atoms with Crippen molar-refractivity contribution in [3.8, 4) is 0 Å². The molecule has 6 heteroatoms. The van der Waals surface area contributed by atoms with Crippen LogP contribution in [0.3, 0.4) is 0 Å². The number of nitrogens with one attached hydrogen (secondary N) is 1. The second kappa shape index (κ2) is 52.3. The minimum atomic E-state index is -0.810. The Bertz CT molecular complexity index is 1200. The van der Waals surface area contributed by atoms with Gasteiger partial charge in [-0.1, -0.05) is 286 Å². The number of aliphatic hydroxyl groups is 2. The molecule has 0 aromatic heterocycles. The van der Waals surface area contributed by atoms with Crippen molar-refractivity contribution in [3.05, 3.63) is 72.9 Å². The van der Waals surface area contributed by atoms with E-state index in [1.165, 1.54) is 161 Å². The largest absolute Gasteiger partial charge is 0.462 e. The van der Waals surface area contributed by atoms with Gasteiger partial charge in [0.2, 0.25) is 5.91 Å². The molecule has 6 nitrogen and oxygen atoms in total. The third-order valence-electron chi connectivity index (χ3n) is 12.5. The lowest BCUT2D eigenvalue weighted by molar-refractivity contribution is -0.151. The van der Waals surface area contributed by atoms with Gasteiger partial charge in [-0.15, -0.1) is 0 Å². The summed E-state index contributed by atoms with van der Waals surface area (Å²) in [5.74, 6) is -0.543. The molecule has 0 aliphatic carbocycles. The summed E-state index contributed by atoms with van der Waals surface area (Å²) in [6.45, 7) is 6.34. The summed E-state index contributed by atoms with van der Waals surface area (Å²) < 4.78 is 5.91. The first kappa shape index (κ1) is 62.3. The molecule has 0 aliphatic heterocycles. The fourth-order valence-corrected chi connectivity index (χ4v) is 8.29. The van der Waals surface area contributed by atoms with E-state index in [4.69, 9.17) is 4.74 Å². The summed E-state index contributed by atoms with van der Waals surface area (Å²) in [6, 6.07) is -0.728. The Hall–Kier alpha value is -2.70. The van der Waals surface area contributed by atoms with Gasteiger partial charge in [0.05, 0.1) is 25.2 Å². The number of amides is 1. The van der Waals surface area contributed by atoms with E-state index >= 15 is 0 Å². The van der Waals surface area contributed by atoms with E-state index in [2.05, 4.69) is 38.2 Å². The van der Waals surface area contributed by atoms with Crippen LogP contribution < -0.4 is 5.32 Å². The van der Waals surface area contributed by atoms with Gasteiger partial charge >= 0.3 is 5.97 Å². The fraction of sp³-hybridized carbons (Fsp3) is 0.763. The summed E-state index contributed by atoms with van der Waals surface area (Å²) in [6.07, 6.45) is 66.8. The number of carbonyl (C=O) groups excluding carboxylic acids is 2. The normalized spacial score (nSPS) is 13.7. The summed E-state index contributed by atoms with van der Waals surface area (Å²) in [5, 5.41) is 23.8. The molecule has 0 saturated carbocycles. The minimum Gasteiger partial charge on any atom is -0.462 e. The summed E-state index contributed by atoms with van der Waals surface area (Å²) >= 11 is 0. The number of hydrogen-bond donors (Lipinski definition) is 3. The van der Waals surface area contributed by atoms with Crippen LogP contribution in [0.25, 0.3) is 0 Å². The molecule has 3 atom stereocenters. The van der Waals surface area contributed by atoms with E-state index in [1.54, 1.807) is 0 Å². The summed E-state index contributed by atoms with van der Waals surface area (Å²) in [7, 11) is 0. The first-order chi connectivity index (χ1) is 32.0. The van der Waals surface area contributed by atoms with E-state index < -0.39 is 18.2 Å². The van der Waals surface area contributed by atoms with Crippen LogP contribution in [-0.4, -0.2) is 46.9 Å². The van der Waals surface area contributed by atoms with Gasteiger partial charge in [0, 0.05) is 6.42 Å². The highest BCUT2D eigenvalue weighted by Gasteiger charge is 2.24. The molecule has 0 heterocycles. The first-order valence-corrected chi connectivity index (χ1v) is 27.7. The predicted octanol–water partition coefficient (Wildman–Crippen LogP) is 17.0. The second-order valence-electron chi connectivity index (χ2n) is 18.8. The van der Waals surface area contributed by atoms with Crippen molar-refractivity contribution in [2.45, 2.75) is 283 Å². The number of rotatable bonds is 49. The van der Waals surface area contributed by atoms with Crippen LogP contribution in [0.5, 0.6) is 0 Å². The molecular weight excluding hydrogens is 803 g/mol. The van der Waals surface area contributed by atoms with Crippen molar-refractivity contribution in [1.82, 2.24) is 5.32 Å². The third kappa shape index (κ3) is 47.6. The van der Waals surface area contributed by atoms with Crippen LogP contribution in [0.1, 0.15) is 265 Å². The van der Waals surface area contributed by atoms with Gasteiger partial charge in [-0.3, -0.25) is 9.59 Å². The monoisotopic (exact) mass is 908 g/mol. The average molecular weight is 908 g/mol. The molecule has 0 fully saturated rings. The lowest BCUT2D eigenvalue weighted by atomic mass is 10.0. The molecule has 0 rings (SSSR count). The summed E-state index contributed by atoms with van der Waals surface area (Å²) in [4.78, 5) is 26.2. The Kier molecular flexibility index (Phi) is 50.1. The van der Waals surface area contributed by atoms with Crippen molar-refractivity contribution in [3.63, 3.8) is 0 Å². The number of hydrogen-bond acceptors (Lipinski definition) is 5. The van der Waals surface area contributed by atoms with Gasteiger partial charge in [0.15, 0.2) is 0 Å². The third-order valence-corrected chi connectivity index (χ3v) is 12.5. The molecular formula is C59H105NO5. The Labute approximate surface area is 402 Å². The Morgan fingerprint density at radius 1 is 0.462 bits per heavy atom. The lowest BCUT2D eigenvalue weighted by Gasteiger charge is -2.24. The number of ether oxygens (including phenoxy) is 1. The van der Waals surface area contributed by atoms with Crippen LogP contribution in [0.2, 0.25) is 0 Å². The molecule has 0 spiro atoms. The van der Waals surface area contributed by atoms with Crippen LogP contribution in [-0.2, 0) is 14.3 Å². The second-order valence-corrected chi connectivity index (χ2v) is 18.8. The van der Waals surface area contributed by atoms with Crippen molar-refractivity contribution < 1.29 is 24.5 Å². The highest BCUT2D eigenvalue weighted by atomic mass is 16.5. The van der Waals surface area contributed by atoms with Crippen molar-refractivity contribution >= 4 is 11.9 Å². The zero-order valence-corrected chi connectivity index (χ0v) is 42.9. The predicted molar refractivity (Wildman–Crippen MR) is 282 cm³/mol. The highest BCUT2D eigenvalue weighted by Crippen LogP contribution is 2.18. The quantitative estimate of drug-likeness (QED) is 0.0321. The maximum absolute atomic E-state index is 13.2. The Balaban J connectivity index is 4.64. The van der Waals surface area contributed by atoms with E-state index in [1.807, 2.05) is 60.8 Å². The summed E-state index contributed by atoms with van der Waals surface area (Å²) in [5.41, 5.74) is 0. The van der Waals surface area contributed by atoms with Gasteiger partial charge in [-0.2, -0.15) is 0 Å². The standard InChI is InChI=1S/C59H105NO5/c1-4-7-10-13-16-19-22-25-28-29-31-33-36-39-42-45-48-51-57(62)56(54-61)60-58(63)53-55(50-47-44-41-38-35-32-30-26-23-20-17-14-11-8-5-2)65-59(64)52-49-46-43-40-37-34-27-24-21-18-15-12-9-6-3/h8,11,14,17,20,23,26,30,32,35,38,41,55-57,61-62H,4-7,9-10,12-13,15-16,18-19,21-22,24-25,27-29,31,33-34,36-37,39-40,42-54H2,1-3H3,(H,60,63)/b11-8-,17-14+,23-20+,30-26-,35-32+,41-38+. The molecule has 1 amide bonds. The average Bonchev–Trinajstić information content (AvgIpc) is 3.30. The minimum absolute atomic E-state index is 0.0266. The number of esters is 1. The van der Waals surface area contributed by atoms with Crippen LogP contribution in [0.4, 0.5) is 0 Å². The number of allylic oxidation sites excluding steroid dienone is 12. The molecule has 0 radical (unpaired) electrons. The first-order valence-electron chi connectivity index (χ1n) is 27.7. The molecule has 65 heavy (non-hydrogen) atoms. The topological polar surface area (TPSA) is 95.9 Å². The molecule has 0 saturated heterocycles. The molecule has 3 N–H and O–H groups in total. The van der Waals surface area contributed by atoms with Gasteiger partial charge in [0.1, 0.15) is 6.10 Å². The van der Waals surface area contributed by atoms with E-state index in [9.17, 15) is 19.8 Å². The van der Waals surface area contributed by atoms with Gasteiger partial charge in [0.25, 0.3) is 0 Å². The SMILES string of the molecule is CC\C=C/C=C/C=C/C=C\C=C\C=C\CCCC(CC(=O)NC(CO)C(O)CCCCCCCCCCCCCCCCCCC)OC(=O)CCCCCCCCCCCCCCCC. The van der Waals surface area contributed by atoms with E-state index in [0.717, 1.165) is 57.8 Å². The molecule has 0 aliphatic rings. The Morgan fingerprint density at radius 3 is 1.23 bits per heavy atom. The van der Waals surface area contributed by atoms with Gasteiger partial charge in [-0.05, 0) is 38.5 Å². The Morgan fingerprint density at radius 2 is 0.831 bits per heavy atom. The van der Waals surface area contributed by atoms with Gasteiger partial charge in [-0.25, -0.2) is 0 Å². The molecule has 3 unspecified atom stereocenters. The molecule has 0 aromatic carbocycles.